The van der Waals surface area contributed by atoms with Gasteiger partial charge in [0, 0.05) is 19.5 Å². The minimum atomic E-state index is -0.372. The summed E-state index contributed by atoms with van der Waals surface area (Å²) in [7, 11) is 0. The van der Waals surface area contributed by atoms with Crippen molar-refractivity contribution in [3.63, 3.8) is 0 Å². The molecular weight excluding hydrogens is 228 g/mol. The number of carbonyl (C=O) groups excluding carboxylic acids is 2. The number of benzene rings is 1. The summed E-state index contributed by atoms with van der Waals surface area (Å²) in [5.74, 6) is -0.326. The minimum absolute atomic E-state index is 0.0456. The van der Waals surface area contributed by atoms with Crippen molar-refractivity contribution in [2.75, 3.05) is 13.1 Å². The predicted octanol–water partition coefficient (Wildman–Crippen LogP) is 1.34. The molecule has 0 aliphatic heterocycles. The van der Waals surface area contributed by atoms with Crippen LogP contribution in [0.5, 0.6) is 0 Å². The molecule has 0 aromatic heterocycles. The lowest BCUT2D eigenvalue weighted by Gasteiger charge is -2.21. The van der Waals surface area contributed by atoms with Crippen LogP contribution in [0.3, 0.4) is 0 Å². The summed E-state index contributed by atoms with van der Waals surface area (Å²) in [5.41, 5.74) is 6.10. The van der Waals surface area contributed by atoms with Gasteiger partial charge in [0.15, 0.2) is 0 Å². The van der Waals surface area contributed by atoms with Crippen molar-refractivity contribution in [2.45, 2.75) is 26.2 Å². The molecule has 0 aliphatic rings. The van der Waals surface area contributed by atoms with Crippen LogP contribution in [0.2, 0.25) is 0 Å². The van der Waals surface area contributed by atoms with E-state index in [1.54, 1.807) is 4.90 Å². The summed E-state index contributed by atoms with van der Waals surface area (Å²) in [6, 6.07) is 9.60. The molecule has 2 amide bonds. The van der Waals surface area contributed by atoms with Gasteiger partial charge in [0.1, 0.15) is 0 Å². The number of hydrogen-bond acceptors (Lipinski definition) is 2. The van der Waals surface area contributed by atoms with E-state index in [1.165, 1.54) is 0 Å². The molecule has 0 saturated carbocycles. The summed E-state index contributed by atoms with van der Waals surface area (Å²) in [5, 5.41) is 0. The molecule has 0 saturated heterocycles. The molecule has 0 atom stereocenters. The van der Waals surface area contributed by atoms with Crippen LogP contribution in [0.15, 0.2) is 30.3 Å². The van der Waals surface area contributed by atoms with Crippen LogP contribution < -0.4 is 5.73 Å². The number of amides is 2. The molecule has 0 fully saturated rings. The molecule has 1 aromatic carbocycles. The highest BCUT2D eigenvalue weighted by atomic mass is 16.2. The fraction of sp³-hybridized carbons (Fsp3) is 0.429. The van der Waals surface area contributed by atoms with Gasteiger partial charge in [-0.05, 0) is 12.0 Å². The molecule has 0 radical (unpaired) electrons. The Kier molecular flexibility index (Phi) is 5.91. The van der Waals surface area contributed by atoms with E-state index in [0.717, 1.165) is 12.0 Å². The van der Waals surface area contributed by atoms with Gasteiger partial charge in [-0.15, -0.1) is 0 Å². The third-order valence-corrected chi connectivity index (χ3v) is 2.67. The highest BCUT2D eigenvalue weighted by Gasteiger charge is 2.13. The van der Waals surface area contributed by atoms with Gasteiger partial charge in [0.25, 0.3) is 0 Å². The number of primary amides is 1. The van der Waals surface area contributed by atoms with Gasteiger partial charge < -0.3 is 10.6 Å². The van der Waals surface area contributed by atoms with Crippen LogP contribution in [0.1, 0.15) is 25.3 Å². The number of rotatable bonds is 7. The molecule has 0 aliphatic carbocycles. The van der Waals surface area contributed by atoms with Crippen LogP contribution in [-0.4, -0.2) is 29.8 Å². The molecule has 18 heavy (non-hydrogen) atoms. The molecule has 4 nitrogen and oxygen atoms in total. The second kappa shape index (κ2) is 7.48. The van der Waals surface area contributed by atoms with Gasteiger partial charge in [0.05, 0.1) is 6.42 Å². The lowest BCUT2D eigenvalue weighted by atomic mass is 10.1. The fourth-order valence-electron chi connectivity index (χ4n) is 1.76. The van der Waals surface area contributed by atoms with Crippen LogP contribution in [-0.2, 0) is 16.0 Å². The van der Waals surface area contributed by atoms with E-state index in [9.17, 15) is 9.59 Å². The van der Waals surface area contributed by atoms with Crippen LogP contribution in [0.4, 0.5) is 0 Å². The zero-order valence-electron chi connectivity index (χ0n) is 10.8. The van der Waals surface area contributed by atoms with Crippen molar-refractivity contribution in [2.24, 2.45) is 5.73 Å². The Labute approximate surface area is 108 Å². The number of carbonyl (C=O) groups is 2. The van der Waals surface area contributed by atoms with Crippen LogP contribution in [0, 0.1) is 0 Å². The summed E-state index contributed by atoms with van der Waals surface area (Å²) in [6.45, 7) is 3.08. The molecule has 1 rings (SSSR count). The zero-order chi connectivity index (χ0) is 13.4. The first-order valence-corrected chi connectivity index (χ1v) is 6.23. The molecule has 98 valence electrons. The third kappa shape index (κ3) is 4.99. The van der Waals surface area contributed by atoms with E-state index in [4.69, 9.17) is 5.73 Å². The lowest BCUT2D eigenvalue weighted by Crippen LogP contribution is -2.35. The van der Waals surface area contributed by atoms with Crippen molar-refractivity contribution in [1.29, 1.82) is 0 Å². The second-order valence-corrected chi connectivity index (χ2v) is 4.26. The van der Waals surface area contributed by atoms with Crippen LogP contribution >= 0.6 is 0 Å². The zero-order valence-corrected chi connectivity index (χ0v) is 10.8. The number of nitrogens with two attached hydrogens (primary N) is 1. The predicted molar refractivity (Wildman–Crippen MR) is 70.8 cm³/mol. The standard InChI is InChI=1S/C14H20N2O2/c1-2-9-16(10-8-13(15)17)14(18)11-12-6-4-3-5-7-12/h3-7H,2,8-11H2,1H3,(H2,15,17). The molecule has 0 spiro atoms. The smallest absolute Gasteiger partial charge is 0.227 e. The highest BCUT2D eigenvalue weighted by molar-refractivity contribution is 5.80. The highest BCUT2D eigenvalue weighted by Crippen LogP contribution is 2.04. The van der Waals surface area contributed by atoms with Crippen molar-refractivity contribution in [3.05, 3.63) is 35.9 Å². The second-order valence-electron chi connectivity index (χ2n) is 4.26. The summed E-state index contributed by atoms with van der Waals surface area (Å²) in [6.07, 6.45) is 1.47. The van der Waals surface area contributed by atoms with Crippen molar-refractivity contribution < 1.29 is 9.59 Å². The van der Waals surface area contributed by atoms with Crippen LogP contribution in [0.25, 0.3) is 0 Å². The SMILES string of the molecule is CCCN(CCC(N)=O)C(=O)Cc1ccccc1. The molecule has 0 unspecified atom stereocenters. The summed E-state index contributed by atoms with van der Waals surface area (Å²) >= 11 is 0. The minimum Gasteiger partial charge on any atom is -0.370 e. The van der Waals surface area contributed by atoms with Crippen molar-refractivity contribution in [3.8, 4) is 0 Å². The van der Waals surface area contributed by atoms with E-state index in [-0.39, 0.29) is 18.2 Å². The van der Waals surface area contributed by atoms with Crippen molar-refractivity contribution >= 4 is 11.8 Å². The topological polar surface area (TPSA) is 63.4 Å². The summed E-state index contributed by atoms with van der Waals surface area (Å²) in [4.78, 5) is 24.6. The van der Waals surface area contributed by atoms with E-state index < -0.39 is 0 Å². The maximum atomic E-state index is 12.1. The Morgan fingerprint density at radius 2 is 1.83 bits per heavy atom. The van der Waals surface area contributed by atoms with Crippen molar-refractivity contribution in [1.82, 2.24) is 4.90 Å². The van der Waals surface area contributed by atoms with E-state index >= 15 is 0 Å². The lowest BCUT2D eigenvalue weighted by molar-refractivity contribution is -0.131. The Morgan fingerprint density at radius 1 is 1.17 bits per heavy atom. The molecule has 2 N–H and O–H groups in total. The maximum absolute atomic E-state index is 12.1. The van der Waals surface area contributed by atoms with Gasteiger partial charge in [-0.25, -0.2) is 0 Å². The third-order valence-electron chi connectivity index (χ3n) is 2.67. The Morgan fingerprint density at radius 3 is 2.39 bits per heavy atom. The van der Waals surface area contributed by atoms with E-state index in [2.05, 4.69) is 0 Å². The largest absolute Gasteiger partial charge is 0.370 e. The average Bonchev–Trinajstić information content (AvgIpc) is 2.35. The fourth-order valence-corrected chi connectivity index (χ4v) is 1.76. The summed E-state index contributed by atoms with van der Waals surface area (Å²) < 4.78 is 0. The van der Waals surface area contributed by atoms with E-state index in [1.807, 2.05) is 37.3 Å². The normalized spacial score (nSPS) is 10.1. The molecule has 0 bridgehead atoms. The monoisotopic (exact) mass is 248 g/mol. The maximum Gasteiger partial charge on any atom is 0.227 e. The van der Waals surface area contributed by atoms with Gasteiger partial charge in [-0.2, -0.15) is 0 Å². The first-order chi connectivity index (χ1) is 8.63. The van der Waals surface area contributed by atoms with Gasteiger partial charge in [-0.3, -0.25) is 9.59 Å². The molecular formula is C14H20N2O2. The van der Waals surface area contributed by atoms with E-state index in [0.29, 0.717) is 19.5 Å². The quantitative estimate of drug-likeness (QED) is 0.791. The molecule has 0 heterocycles. The molecule has 1 aromatic rings. The first kappa shape index (κ1) is 14.2. The average molecular weight is 248 g/mol. The number of hydrogen-bond donors (Lipinski definition) is 1. The Hall–Kier alpha value is -1.84. The van der Waals surface area contributed by atoms with Gasteiger partial charge >= 0.3 is 0 Å². The Bertz CT molecular complexity index is 390. The van der Waals surface area contributed by atoms with Gasteiger partial charge in [-0.1, -0.05) is 37.3 Å². The molecule has 4 heteroatoms. The first-order valence-electron chi connectivity index (χ1n) is 6.23. The Balaban J connectivity index is 2.56. The van der Waals surface area contributed by atoms with Gasteiger partial charge in [0.2, 0.25) is 11.8 Å². The number of nitrogens with zero attached hydrogens (tertiary/aromatic N) is 1.